The molecule has 0 spiro atoms. The molecule has 4 amide bonds. The van der Waals surface area contributed by atoms with Gasteiger partial charge in [0.1, 0.15) is 0 Å². The number of ketones is 2. The first-order valence-corrected chi connectivity index (χ1v) is 19.4. The Labute approximate surface area is 371 Å². The van der Waals surface area contributed by atoms with Crippen molar-refractivity contribution in [3.63, 3.8) is 0 Å². The molecule has 5 rings (SSSR count). The normalized spacial score (nSPS) is 12.1. The average molecular weight is 929 g/mol. The number of benzene rings is 5. The van der Waals surface area contributed by atoms with Crippen molar-refractivity contribution in [3.05, 3.63) is 138 Å². The van der Waals surface area contributed by atoms with Gasteiger partial charge in [0.15, 0.2) is 11.6 Å². The van der Waals surface area contributed by atoms with Gasteiger partial charge >= 0.3 is 0 Å². The predicted octanol–water partition coefficient (Wildman–Crippen LogP) is 11.5. The molecule has 5 aromatic rings. The first-order chi connectivity index (χ1) is 28.4. The van der Waals surface area contributed by atoms with E-state index in [0.29, 0.717) is 31.5 Å². The lowest BCUT2D eigenvalue weighted by Gasteiger charge is -2.12. The summed E-state index contributed by atoms with van der Waals surface area (Å²) in [5, 5.41) is 27.7. The summed E-state index contributed by atoms with van der Waals surface area (Å²) < 4.78 is 0. The molecule has 0 saturated carbocycles. The standard InChI is InChI=1S/C40H28Cl6N8O6/c1-19(55)35(53-51-33-9-21(7-23(41)17-33)37(57)49-31-13-25(43)11-26(44)14-31)39(59)47-29-3-5-30(6-4-29)48-40(60)36(20(2)56)54-52-34-10-22(8-24(42)18-34)38(58)50-32-15-27(45)12-28(46)16-32/h3-18,35-36H,1-2H3,(H,47,59)(H,48,60)(H,49,57)(H,50,58). The van der Waals surface area contributed by atoms with Crippen LogP contribution in [0.15, 0.2) is 118 Å². The smallest absolute Gasteiger partial charge is 0.258 e. The first kappa shape index (κ1) is 45.3. The maximum atomic E-state index is 13.1. The Kier molecular flexibility index (Phi) is 15.5. The Bertz CT molecular complexity index is 2370. The highest BCUT2D eigenvalue weighted by molar-refractivity contribution is 6.36. The lowest BCUT2D eigenvalue weighted by atomic mass is 10.1. The van der Waals surface area contributed by atoms with Crippen LogP contribution in [0, 0.1) is 0 Å². The quantitative estimate of drug-likeness (QED) is 0.0630. The molecule has 2 unspecified atom stereocenters. The number of hydrogen-bond acceptors (Lipinski definition) is 10. The number of Topliss-reactive ketones (excluding diaryl/α,β-unsaturated/α-hetero) is 2. The fourth-order valence-electron chi connectivity index (χ4n) is 5.13. The van der Waals surface area contributed by atoms with Gasteiger partial charge in [0.05, 0.1) is 11.4 Å². The monoisotopic (exact) mass is 926 g/mol. The summed E-state index contributed by atoms with van der Waals surface area (Å²) in [6.45, 7) is 2.30. The molecule has 0 aliphatic heterocycles. The number of nitrogens with zero attached hydrogens (tertiary/aromatic N) is 4. The third kappa shape index (κ3) is 13.1. The Morgan fingerprint density at radius 3 is 1.05 bits per heavy atom. The molecule has 0 fully saturated rings. The Morgan fingerprint density at radius 1 is 0.417 bits per heavy atom. The highest BCUT2D eigenvalue weighted by atomic mass is 35.5. The number of hydrogen-bond donors (Lipinski definition) is 4. The van der Waals surface area contributed by atoms with Gasteiger partial charge in [-0.1, -0.05) is 69.6 Å². The zero-order valence-electron chi connectivity index (χ0n) is 30.9. The molecule has 0 aliphatic rings. The van der Waals surface area contributed by atoms with Crippen molar-refractivity contribution in [3.8, 4) is 0 Å². The molecule has 0 heterocycles. The maximum absolute atomic E-state index is 13.1. The van der Waals surface area contributed by atoms with E-state index < -0.39 is 47.3 Å². The lowest BCUT2D eigenvalue weighted by Crippen LogP contribution is -2.32. The summed E-state index contributed by atoms with van der Waals surface area (Å²) in [4.78, 5) is 76.9. The first-order valence-electron chi connectivity index (χ1n) is 17.1. The summed E-state index contributed by atoms with van der Waals surface area (Å²) in [5.74, 6) is -4.05. The molecular formula is C40H28Cl6N8O6. The minimum absolute atomic E-state index is 0.0834. The molecule has 306 valence electrons. The predicted molar refractivity (Wildman–Crippen MR) is 233 cm³/mol. The number of anilines is 4. The number of amides is 4. The van der Waals surface area contributed by atoms with Crippen molar-refractivity contribution >= 4 is 139 Å². The van der Waals surface area contributed by atoms with Gasteiger partial charge < -0.3 is 21.3 Å². The van der Waals surface area contributed by atoms with Crippen LogP contribution in [0.2, 0.25) is 30.1 Å². The largest absolute Gasteiger partial charge is 0.324 e. The molecule has 0 aromatic heterocycles. The summed E-state index contributed by atoms with van der Waals surface area (Å²) >= 11 is 36.5. The van der Waals surface area contributed by atoms with Crippen molar-refractivity contribution < 1.29 is 28.8 Å². The number of carbonyl (C=O) groups is 6. The maximum Gasteiger partial charge on any atom is 0.258 e. The van der Waals surface area contributed by atoms with Crippen molar-refractivity contribution in [1.29, 1.82) is 0 Å². The molecule has 60 heavy (non-hydrogen) atoms. The highest BCUT2D eigenvalue weighted by Gasteiger charge is 2.25. The Balaban J connectivity index is 1.21. The zero-order valence-corrected chi connectivity index (χ0v) is 35.4. The average Bonchev–Trinajstić information content (AvgIpc) is 3.14. The van der Waals surface area contributed by atoms with Gasteiger partial charge in [-0.15, -0.1) is 0 Å². The van der Waals surface area contributed by atoms with E-state index in [0.717, 1.165) is 13.8 Å². The van der Waals surface area contributed by atoms with Crippen molar-refractivity contribution in [1.82, 2.24) is 0 Å². The van der Waals surface area contributed by atoms with Crippen LogP contribution in [0.1, 0.15) is 34.6 Å². The number of halogens is 6. The van der Waals surface area contributed by atoms with Gasteiger partial charge in [-0.25, -0.2) is 0 Å². The van der Waals surface area contributed by atoms with E-state index in [1.54, 1.807) is 0 Å². The fourth-order valence-corrected chi connectivity index (χ4v) is 6.64. The minimum atomic E-state index is -1.58. The third-order valence-electron chi connectivity index (χ3n) is 7.79. The van der Waals surface area contributed by atoms with Crippen LogP contribution in [0.4, 0.5) is 34.1 Å². The van der Waals surface area contributed by atoms with Crippen LogP contribution in [-0.2, 0) is 19.2 Å². The fraction of sp³-hybridized carbons (Fsp3) is 0.100. The molecule has 0 saturated heterocycles. The number of carbonyl (C=O) groups excluding carboxylic acids is 6. The van der Waals surface area contributed by atoms with Crippen molar-refractivity contribution in [2.24, 2.45) is 20.5 Å². The molecule has 2 atom stereocenters. The van der Waals surface area contributed by atoms with E-state index in [4.69, 9.17) is 69.6 Å². The molecule has 14 nitrogen and oxygen atoms in total. The molecule has 5 aromatic carbocycles. The summed E-state index contributed by atoms with van der Waals surface area (Å²) in [5.41, 5.74) is 1.49. The third-order valence-corrected chi connectivity index (χ3v) is 9.10. The van der Waals surface area contributed by atoms with E-state index >= 15 is 0 Å². The number of azo groups is 2. The van der Waals surface area contributed by atoms with E-state index in [2.05, 4.69) is 41.7 Å². The van der Waals surface area contributed by atoms with E-state index in [-0.39, 0.29) is 43.9 Å². The van der Waals surface area contributed by atoms with Gasteiger partial charge in [-0.3, -0.25) is 28.8 Å². The zero-order chi connectivity index (χ0) is 43.7. The Hall–Kier alpha value is -5.74. The van der Waals surface area contributed by atoms with Gasteiger partial charge in [0, 0.05) is 64.0 Å². The van der Waals surface area contributed by atoms with Crippen LogP contribution >= 0.6 is 69.6 Å². The topological polar surface area (TPSA) is 200 Å². The lowest BCUT2D eigenvalue weighted by molar-refractivity contribution is -0.127. The van der Waals surface area contributed by atoms with E-state index in [1.807, 2.05) is 0 Å². The van der Waals surface area contributed by atoms with Gasteiger partial charge in [-0.2, -0.15) is 20.5 Å². The summed E-state index contributed by atoms with van der Waals surface area (Å²) in [6, 6.07) is 19.8. The molecule has 4 N–H and O–H groups in total. The molecular weight excluding hydrogens is 901 g/mol. The second kappa shape index (κ2) is 20.5. The van der Waals surface area contributed by atoms with Crippen LogP contribution in [-0.4, -0.2) is 47.3 Å². The van der Waals surface area contributed by atoms with Crippen LogP contribution in [0.25, 0.3) is 0 Å². The van der Waals surface area contributed by atoms with E-state index in [9.17, 15) is 28.8 Å². The molecule has 0 bridgehead atoms. The number of rotatable bonds is 14. The second-order valence-electron chi connectivity index (χ2n) is 12.6. The van der Waals surface area contributed by atoms with E-state index in [1.165, 1.54) is 97.1 Å². The molecule has 0 radical (unpaired) electrons. The minimum Gasteiger partial charge on any atom is -0.324 e. The highest BCUT2D eigenvalue weighted by Crippen LogP contribution is 2.28. The molecule has 20 heteroatoms. The van der Waals surface area contributed by atoms with Crippen molar-refractivity contribution in [2.45, 2.75) is 25.9 Å². The molecule has 0 aliphatic carbocycles. The van der Waals surface area contributed by atoms with Crippen LogP contribution in [0.5, 0.6) is 0 Å². The van der Waals surface area contributed by atoms with Crippen LogP contribution < -0.4 is 21.3 Å². The van der Waals surface area contributed by atoms with Crippen molar-refractivity contribution in [2.75, 3.05) is 21.3 Å². The van der Waals surface area contributed by atoms with Crippen LogP contribution in [0.3, 0.4) is 0 Å². The summed E-state index contributed by atoms with van der Waals surface area (Å²) in [7, 11) is 0. The number of nitrogens with one attached hydrogen (secondary N) is 4. The SMILES string of the molecule is CC(=O)C(N=Nc1cc(Cl)cc(C(=O)Nc2cc(Cl)cc(Cl)c2)c1)C(=O)Nc1ccc(NC(=O)C(N=Nc2cc(Cl)cc(C(=O)Nc3cc(Cl)cc(Cl)c3)c2)C(C)=O)cc1. The van der Waals surface area contributed by atoms with Gasteiger partial charge in [0.2, 0.25) is 12.1 Å². The van der Waals surface area contributed by atoms with Gasteiger partial charge in [0.25, 0.3) is 23.6 Å². The van der Waals surface area contributed by atoms with Gasteiger partial charge in [-0.05, 0) is 111 Å². The Morgan fingerprint density at radius 2 is 0.733 bits per heavy atom. The second-order valence-corrected chi connectivity index (χ2v) is 15.3. The summed E-state index contributed by atoms with van der Waals surface area (Å²) in [6.07, 6.45) is 0.